The Morgan fingerprint density at radius 2 is 1.76 bits per heavy atom. The van der Waals surface area contributed by atoms with Gasteiger partial charge in [-0.15, -0.1) is 0 Å². The van der Waals surface area contributed by atoms with Crippen molar-refractivity contribution < 1.29 is 13.9 Å². The van der Waals surface area contributed by atoms with Crippen molar-refractivity contribution in [3.63, 3.8) is 0 Å². The molecule has 2 heterocycles. The predicted molar refractivity (Wildman–Crippen MR) is 96.7 cm³/mol. The van der Waals surface area contributed by atoms with Gasteiger partial charge in [0.1, 0.15) is 18.1 Å². The lowest BCUT2D eigenvalue weighted by Crippen LogP contribution is -2.35. The average Bonchev–Trinajstić information content (AvgIpc) is 3.15. The van der Waals surface area contributed by atoms with Gasteiger partial charge in [-0.3, -0.25) is 4.79 Å². The summed E-state index contributed by atoms with van der Waals surface area (Å²) in [6, 6.07) is 17.7. The van der Waals surface area contributed by atoms with Crippen LogP contribution in [0.3, 0.4) is 0 Å². The summed E-state index contributed by atoms with van der Waals surface area (Å²) in [5.74, 6) is 1.84. The number of piperidine rings is 1. The third-order valence-corrected chi connectivity index (χ3v) is 4.62. The number of nitrogens with zero attached hydrogens (tertiary/aromatic N) is 1. The first kappa shape index (κ1) is 15.8. The predicted octanol–water partition coefficient (Wildman–Crippen LogP) is 4.64. The minimum absolute atomic E-state index is 0.0170. The topological polar surface area (TPSA) is 42.7 Å². The van der Waals surface area contributed by atoms with Crippen LogP contribution < -0.4 is 4.74 Å². The average molecular weight is 335 g/mol. The van der Waals surface area contributed by atoms with Crippen LogP contribution in [0.15, 0.2) is 59.0 Å². The molecular formula is C21H21NO3. The van der Waals surface area contributed by atoms with Crippen molar-refractivity contribution in [2.45, 2.75) is 25.9 Å². The van der Waals surface area contributed by atoms with Gasteiger partial charge in [0.05, 0.1) is 0 Å². The van der Waals surface area contributed by atoms with Crippen molar-refractivity contribution in [1.29, 1.82) is 0 Å². The molecule has 4 nitrogen and oxygen atoms in total. The highest BCUT2D eigenvalue weighted by Gasteiger charge is 2.21. The molecule has 4 rings (SSSR count). The number of hydrogen-bond donors (Lipinski definition) is 0. The van der Waals surface area contributed by atoms with E-state index < -0.39 is 0 Å². The summed E-state index contributed by atoms with van der Waals surface area (Å²) in [6.45, 7) is 1.95. The van der Waals surface area contributed by atoms with E-state index in [1.54, 1.807) is 6.07 Å². The van der Waals surface area contributed by atoms with E-state index >= 15 is 0 Å². The summed E-state index contributed by atoms with van der Waals surface area (Å²) in [7, 11) is 0. The van der Waals surface area contributed by atoms with Crippen LogP contribution in [0.2, 0.25) is 0 Å². The molecule has 2 aromatic carbocycles. The van der Waals surface area contributed by atoms with Gasteiger partial charge in [0.2, 0.25) is 0 Å². The van der Waals surface area contributed by atoms with E-state index in [-0.39, 0.29) is 5.91 Å². The van der Waals surface area contributed by atoms with Crippen molar-refractivity contribution in [1.82, 2.24) is 4.90 Å². The van der Waals surface area contributed by atoms with Crippen LogP contribution >= 0.6 is 0 Å². The number of hydrogen-bond acceptors (Lipinski definition) is 3. The van der Waals surface area contributed by atoms with E-state index in [4.69, 9.17) is 9.15 Å². The van der Waals surface area contributed by atoms with Crippen molar-refractivity contribution in [2.75, 3.05) is 13.1 Å². The molecule has 1 aromatic heterocycles. The third-order valence-electron chi connectivity index (χ3n) is 4.62. The van der Waals surface area contributed by atoms with Gasteiger partial charge in [0, 0.05) is 13.1 Å². The first-order valence-electron chi connectivity index (χ1n) is 8.79. The minimum atomic E-state index is -0.0170. The van der Waals surface area contributed by atoms with Gasteiger partial charge in [0.15, 0.2) is 5.76 Å². The Bertz CT molecular complexity index is 877. The molecule has 0 N–H and O–H groups in total. The van der Waals surface area contributed by atoms with Crippen molar-refractivity contribution in [3.8, 4) is 5.75 Å². The summed E-state index contributed by atoms with van der Waals surface area (Å²) < 4.78 is 11.5. The zero-order valence-corrected chi connectivity index (χ0v) is 14.1. The lowest BCUT2D eigenvalue weighted by molar-refractivity contribution is 0.0688. The Kier molecular flexibility index (Phi) is 4.42. The van der Waals surface area contributed by atoms with Gasteiger partial charge in [-0.2, -0.15) is 0 Å². The molecule has 0 saturated carbocycles. The summed E-state index contributed by atoms with van der Waals surface area (Å²) in [6.07, 6.45) is 3.35. The highest BCUT2D eigenvalue weighted by Crippen LogP contribution is 2.22. The van der Waals surface area contributed by atoms with Crippen LogP contribution in [-0.2, 0) is 6.61 Å². The lowest BCUT2D eigenvalue weighted by Gasteiger charge is -2.25. The fourth-order valence-electron chi connectivity index (χ4n) is 3.23. The number of amides is 1. The second-order valence-electron chi connectivity index (χ2n) is 6.42. The normalized spacial score (nSPS) is 14.6. The molecule has 1 aliphatic heterocycles. The molecule has 0 atom stereocenters. The van der Waals surface area contributed by atoms with Gasteiger partial charge in [0.25, 0.3) is 5.91 Å². The molecule has 0 radical (unpaired) electrons. The van der Waals surface area contributed by atoms with Crippen LogP contribution in [0.25, 0.3) is 10.8 Å². The lowest BCUT2D eigenvalue weighted by atomic mass is 10.1. The fourth-order valence-corrected chi connectivity index (χ4v) is 3.23. The standard InChI is InChI=1S/C21H21NO3/c23-21(22-12-4-1-5-13-22)20-11-10-19(25-20)15-24-18-9-8-16-6-2-3-7-17(16)14-18/h2-3,6-11,14H,1,4-5,12-13,15H2. The van der Waals surface area contributed by atoms with Crippen molar-refractivity contribution in [2.24, 2.45) is 0 Å². The van der Waals surface area contributed by atoms with Crippen molar-refractivity contribution in [3.05, 3.63) is 66.1 Å². The zero-order valence-electron chi connectivity index (χ0n) is 14.1. The Hall–Kier alpha value is -2.75. The van der Waals surface area contributed by atoms with Crippen LogP contribution in [0, 0.1) is 0 Å². The summed E-state index contributed by atoms with van der Waals surface area (Å²) >= 11 is 0. The molecule has 0 bridgehead atoms. The minimum Gasteiger partial charge on any atom is -0.486 e. The number of carbonyl (C=O) groups is 1. The van der Waals surface area contributed by atoms with Gasteiger partial charge in [-0.1, -0.05) is 30.3 Å². The highest BCUT2D eigenvalue weighted by atomic mass is 16.5. The van der Waals surface area contributed by atoms with Crippen LogP contribution in [-0.4, -0.2) is 23.9 Å². The Labute approximate surface area is 147 Å². The molecule has 1 aliphatic rings. The third kappa shape index (κ3) is 3.53. The molecular weight excluding hydrogens is 314 g/mol. The van der Waals surface area contributed by atoms with E-state index in [0.29, 0.717) is 18.1 Å². The number of ether oxygens (including phenoxy) is 1. The molecule has 0 aliphatic carbocycles. The maximum absolute atomic E-state index is 12.4. The second-order valence-corrected chi connectivity index (χ2v) is 6.42. The Morgan fingerprint density at radius 1 is 0.960 bits per heavy atom. The summed E-state index contributed by atoms with van der Waals surface area (Å²) in [4.78, 5) is 14.3. The second kappa shape index (κ2) is 7.01. The monoisotopic (exact) mass is 335 g/mol. The molecule has 0 spiro atoms. The van der Waals surface area contributed by atoms with Gasteiger partial charge >= 0.3 is 0 Å². The zero-order chi connectivity index (χ0) is 17.1. The van der Waals surface area contributed by atoms with Gasteiger partial charge < -0.3 is 14.1 Å². The van der Waals surface area contributed by atoms with Crippen LogP contribution in [0.1, 0.15) is 35.6 Å². The summed E-state index contributed by atoms with van der Waals surface area (Å²) in [5.41, 5.74) is 0. The fraction of sp³-hybridized carbons (Fsp3) is 0.286. The Balaban J connectivity index is 1.41. The van der Waals surface area contributed by atoms with E-state index in [9.17, 15) is 4.79 Å². The highest BCUT2D eigenvalue weighted by molar-refractivity contribution is 5.91. The number of fused-ring (bicyclic) bond motifs is 1. The molecule has 25 heavy (non-hydrogen) atoms. The molecule has 128 valence electrons. The molecule has 4 heteroatoms. The van der Waals surface area contributed by atoms with E-state index in [1.165, 1.54) is 11.8 Å². The number of rotatable bonds is 4. The maximum atomic E-state index is 12.4. The SMILES string of the molecule is O=C(c1ccc(COc2ccc3ccccc3c2)o1)N1CCCCC1. The van der Waals surface area contributed by atoms with E-state index in [1.807, 2.05) is 41.3 Å². The largest absolute Gasteiger partial charge is 0.486 e. The molecule has 3 aromatic rings. The smallest absolute Gasteiger partial charge is 0.289 e. The quantitative estimate of drug-likeness (QED) is 0.698. The van der Waals surface area contributed by atoms with Gasteiger partial charge in [-0.05, 0) is 54.3 Å². The number of benzene rings is 2. The Morgan fingerprint density at radius 3 is 2.60 bits per heavy atom. The van der Waals surface area contributed by atoms with Crippen LogP contribution in [0.4, 0.5) is 0 Å². The molecule has 0 unspecified atom stereocenters. The maximum Gasteiger partial charge on any atom is 0.289 e. The number of furan rings is 1. The van der Waals surface area contributed by atoms with Gasteiger partial charge in [-0.25, -0.2) is 0 Å². The van der Waals surface area contributed by atoms with Crippen molar-refractivity contribution >= 4 is 16.7 Å². The molecule has 1 fully saturated rings. The molecule has 1 amide bonds. The molecule has 1 saturated heterocycles. The first-order valence-corrected chi connectivity index (χ1v) is 8.79. The van der Waals surface area contributed by atoms with E-state index in [0.717, 1.165) is 37.1 Å². The number of carbonyl (C=O) groups excluding carboxylic acids is 1. The summed E-state index contributed by atoms with van der Waals surface area (Å²) in [5, 5.41) is 2.32. The number of likely N-dealkylation sites (tertiary alicyclic amines) is 1. The first-order chi connectivity index (χ1) is 12.3. The van der Waals surface area contributed by atoms with Crippen LogP contribution in [0.5, 0.6) is 5.75 Å². The van der Waals surface area contributed by atoms with E-state index in [2.05, 4.69) is 12.1 Å².